The second-order valence-corrected chi connectivity index (χ2v) is 4.33. The Hall–Kier alpha value is -1.94. The van der Waals surface area contributed by atoms with Crippen LogP contribution in [0.3, 0.4) is 0 Å². The normalized spacial score (nSPS) is 34.4. The zero-order valence-electron chi connectivity index (χ0n) is 10.4. The van der Waals surface area contributed by atoms with Crippen molar-refractivity contribution in [3.05, 3.63) is 40.9 Å². The SMILES string of the molecule is C=C[C@@]1(n2ccc(=O)[nH]/c2=N\O)O[C@H](CO)[C@@H](O)[C@H]1O. The third kappa shape index (κ3) is 1.96. The van der Waals surface area contributed by atoms with E-state index in [1.54, 1.807) is 0 Å². The smallest absolute Gasteiger partial charge is 0.252 e. The molecule has 9 heteroatoms. The van der Waals surface area contributed by atoms with E-state index in [1.165, 1.54) is 12.3 Å². The standard InChI is InChI=1S/C11H15N3O6/c1-2-11(9(18)8(17)6(5-15)20-11)14-4-3-7(16)12-10(14)13-19/h2-4,6,8-9,15,17-19H,1,5H2,(H,12,13,16)/t6-,8-,9-,11-/m1/s1. The van der Waals surface area contributed by atoms with Gasteiger partial charge in [-0.1, -0.05) is 11.7 Å². The third-order valence-electron chi connectivity index (χ3n) is 3.25. The molecule has 1 aliphatic heterocycles. The largest absolute Gasteiger partial charge is 0.408 e. The van der Waals surface area contributed by atoms with Crippen molar-refractivity contribution in [3.63, 3.8) is 0 Å². The number of hydrogen-bond acceptors (Lipinski definition) is 7. The number of nitrogens with one attached hydrogen (secondary N) is 1. The van der Waals surface area contributed by atoms with Crippen LogP contribution in [-0.2, 0) is 10.5 Å². The number of ether oxygens (including phenoxy) is 1. The minimum Gasteiger partial charge on any atom is -0.408 e. The van der Waals surface area contributed by atoms with Gasteiger partial charge in [0, 0.05) is 12.3 Å². The first-order valence-electron chi connectivity index (χ1n) is 5.79. The van der Waals surface area contributed by atoms with Gasteiger partial charge in [-0.05, 0) is 6.08 Å². The molecule has 1 saturated heterocycles. The Morgan fingerprint density at radius 2 is 2.30 bits per heavy atom. The summed E-state index contributed by atoms with van der Waals surface area (Å²) in [4.78, 5) is 13.5. The van der Waals surface area contributed by atoms with Gasteiger partial charge in [0.25, 0.3) is 5.56 Å². The predicted molar refractivity (Wildman–Crippen MR) is 64.5 cm³/mol. The van der Waals surface area contributed by atoms with Crippen molar-refractivity contribution in [3.8, 4) is 0 Å². The highest BCUT2D eigenvalue weighted by atomic mass is 16.6. The molecule has 0 aliphatic carbocycles. The van der Waals surface area contributed by atoms with Crippen molar-refractivity contribution >= 4 is 0 Å². The van der Waals surface area contributed by atoms with Gasteiger partial charge in [-0.25, -0.2) is 0 Å². The van der Waals surface area contributed by atoms with Crippen molar-refractivity contribution in [1.29, 1.82) is 0 Å². The third-order valence-corrected chi connectivity index (χ3v) is 3.25. The zero-order chi connectivity index (χ0) is 14.9. The highest BCUT2D eigenvalue weighted by Gasteiger charge is 2.53. The lowest BCUT2D eigenvalue weighted by molar-refractivity contribution is -0.116. The molecule has 1 aromatic heterocycles. The average Bonchev–Trinajstić information content (AvgIpc) is 2.72. The molecule has 4 atom stereocenters. The maximum absolute atomic E-state index is 11.2. The Kier molecular flexibility index (Phi) is 3.77. The summed E-state index contributed by atoms with van der Waals surface area (Å²) >= 11 is 0. The maximum atomic E-state index is 11.2. The second-order valence-electron chi connectivity index (χ2n) is 4.33. The highest BCUT2D eigenvalue weighted by molar-refractivity contribution is 5.09. The fourth-order valence-corrected chi connectivity index (χ4v) is 2.22. The van der Waals surface area contributed by atoms with Gasteiger partial charge in [0.2, 0.25) is 5.62 Å². The van der Waals surface area contributed by atoms with E-state index in [4.69, 9.17) is 15.1 Å². The van der Waals surface area contributed by atoms with Crippen molar-refractivity contribution in [2.45, 2.75) is 24.0 Å². The van der Waals surface area contributed by atoms with E-state index in [9.17, 15) is 15.0 Å². The quantitative estimate of drug-likeness (QED) is 0.235. The van der Waals surface area contributed by atoms with Crippen molar-refractivity contribution in [1.82, 2.24) is 9.55 Å². The van der Waals surface area contributed by atoms with Gasteiger partial charge in [0.1, 0.15) is 18.3 Å². The van der Waals surface area contributed by atoms with Gasteiger partial charge >= 0.3 is 0 Å². The molecule has 110 valence electrons. The van der Waals surface area contributed by atoms with Crippen LogP contribution >= 0.6 is 0 Å². The Balaban J connectivity index is 2.64. The van der Waals surface area contributed by atoms with Crippen LogP contribution in [0.4, 0.5) is 0 Å². The number of H-pyrrole nitrogens is 1. The molecule has 0 radical (unpaired) electrons. The molecule has 9 nitrogen and oxygen atoms in total. The van der Waals surface area contributed by atoms with E-state index in [1.807, 2.05) is 0 Å². The topological polar surface area (TPSA) is 140 Å². The fraction of sp³-hybridized carbons (Fsp3) is 0.455. The number of aliphatic hydroxyl groups excluding tert-OH is 3. The summed E-state index contributed by atoms with van der Waals surface area (Å²) in [7, 11) is 0. The summed E-state index contributed by atoms with van der Waals surface area (Å²) in [5.74, 6) is 0. The van der Waals surface area contributed by atoms with Crippen molar-refractivity contribution in [2.24, 2.45) is 5.16 Å². The summed E-state index contributed by atoms with van der Waals surface area (Å²) in [5.41, 5.74) is -2.51. The number of aromatic nitrogens is 2. The van der Waals surface area contributed by atoms with Gasteiger partial charge < -0.3 is 25.3 Å². The van der Waals surface area contributed by atoms with E-state index in [2.05, 4.69) is 16.7 Å². The minimum absolute atomic E-state index is 0.303. The molecule has 0 unspecified atom stereocenters. The first kappa shape index (κ1) is 14.5. The maximum Gasteiger partial charge on any atom is 0.252 e. The summed E-state index contributed by atoms with van der Waals surface area (Å²) in [6.07, 6.45) is -1.50. The molecular formula is C11H15N3O6. The summed E-state index contributed by atoms with van der Waals surface area (Å²) in [6.45, 7) is 3.00. The number of aliphatic hydroxyl groups is 3. The molecule has 1 aliphatic rings. The lowest BCUT2D eigenvalue weighted by Gasteiger charge is -2.31. The van der Waals surface area contributed by atoms with E-state index < -0.39 is 36.2 Å². The Morgan fingerprint density at radius 3 is 2.80 bits per heavy atom. The van der Waals surface area contributed by atoms with Crippen molar-refractivity contribution in [2.75, 3.05) is 6.61 Å². The van der Waals surface area contributed by atoms with Crippen LogP contribution in [0.2, 0.25) is 0 Å². The molecule has 0 saturated carbocycles. The van der Waals surface area contributed by atoms with Crippen LogP contribution in [0.15, 0.2) is 34.9 Å². The van der Waals surface area contributed by atoms with Crippen LogP contribution in [0.25, 0.3) is 0 Å². The summed E-state index contributed by atoms with van der Waals surface area (Å²) < 4.78 is 6.54. The number of hydrogen-bond donors (Lipinski definition) is 5. The first-order chi connectivity index (χ1) is 9.50. The van der Waals surface area contributed by atoms with Gasteiger partial charge in [0.05, 0.1) is 6.61 Å². The second kappa shape index (κ2) is 5.21. The van der Waals surface area contributed by atoms with Crippen LogP contribution < -0.4 is 11.2 Å². The van der Waals surface area contributed by atoms with Gasteiger partial charge in [-0.2, -0.15) is 0 Å². The monoisotopic (exact) mass is 285 g/mol. The molecule has 20 heavy (non-hydrogen) atoms. The molecular weight excluding hydrogens is 270 g/mol. The minimum atomic E-state index is -1.68. The molecule has 2 rings (SSSR count). The summed E-state index contributed by atoms with van der Waals surface area (Å²) in [6, 6.07) is 1.12. The average molecular weight is 285 g/mol. The highest BCUT2D eigenvalue weighted by Crippen LogP contribution is 2.35. The molecule has 2 heterocycles. The predicted octanol–water partition coefficient (Wildman–Crippen LogP) is -2.58. The molecule has 0 bridgehead atoms. The molecule has 5 N–H and O–H groups in total. The Bertz CT molecular complexity index is 623. The summed E-state index contributed by atoms with van der Waals surface area (Å²) in [5, 5.41) is 41.0. The van der Waals surface area contributed by atoms with E-state index >= 15 is 0 Å². The lowest BCUT2D eigenvalue weighted by Crippen LogP contribution is -2.50. The van der Waals surface area contributed by atoms with Crippen LogP contribution in [-0.4, -0.2) is 55.0 Å². The van der Waals surface area contributed by atoms with Crippen molar-refractivity contribution < 1.29 is 25.3 Å². The fourth-order valence-electron chi connectivity index (χ4n) is 2.22. The van der Waals surface area contributed by atoms with E-state index in [0.717, 1.165) is 10.6 Å². The van der Waals surface area contributed by atoms with Gasteiger partial charge in [-0.3, -0.25) is 14.3 Å². The zero-order valence-corrected chi connectivity index (χ0v) is 10.4. The molecule has 0 amide bonds. The lowest BCUT2D eigenvalue weighted by atomic mass is 10.0. The van der Waals surface area contributed by atoms with E-state index in [-0.39, 0.29) is 5.62 Å². The Morgan fingerprint density at radius 1 is 1.60 bits per heavy atom. The van der Waals surface area contributed by atoms with Crippen LogP contribution in [0.1, 0.15) is 0 Å². The Labute approximate surface area is 112 Å². The molecule has 0 aromatic carbocycles. The van der Waals surface area contributed by atoms with Crippen LogP contribution in [0.5, 0.6) is 0 Å². The van der Waals surface area contributed by atoms with Crippen LogP contribution in [0, 0.1) is 0 Å². The van der Waals surface area contributed by atoms with Gasteiger partial charge in [0.15, 0.2) is 5.72 Å². The van der Waals surface area contributed by atoms with Gasteiger partial charge in [-0.15, -0.1) is 0 Å². The number of rotatable bonds is 3. The van der Waals surface area contributed by atoms with E-state index in [0.29, 0.717) is 0 Å². The molecule has 1 fully saturated rings. The first-order valence-corrected chi connectivity index (χ1v) is 5.79. The molecule has 0 spiro atoms. The number of nitrogens with zero attached hydrogens (tertiary/aromatic N) is 2. The number of aromatic amines is 1. The molecule has 1 aromatic rings.